The summed E-state index contributed by atoms with van der Waals surface area (Å²) in [5.41, 5.74) is 0.878. The Bertz CT molecular complexity index is 511. The van der Waals surface area contributed by atoms with Crippen LogP contribution in [0.1, 0.15) is 10.4 Å². The highest BCUT2D eigenvalue weighted by molar-refractivity contribution is 7.13. The van der Waals surface area contributed by atoms with Crippen LogP contribution in [0.15, 0.2) is 29.8 Å². The van der Waals surface area contributed by atoms with Gasteiger partial charge in [-0.1, -0.05) is 17.7 Å². The maximum atomic E-state index is 11.6. The first-order valence-electron chi connectivity index (χ1n) is 4.50. The van der Waals surface area contributed by atoms with E-state index in [-0.39, 0.29) is 0 Å². The van der Waals surface area contributed by atoms with E-state index >= 15 is 0 Å². The molecule has 2 aromatic heterocycles. The maximum absolute atomic E-state index is 11.6. The molecular formula is C11H8ClNO2S. The first kappa shape index (κ1) is 11.1. The van der Waals surface area contributed by atoms with E-state index < -0.39 is 5.97 Å². The van der Waals surface area contributed by atoms with Crippen molar-refractivity contribution in [2.75, 3.05) is 7.11 Å². The van der Waals surface area contributed by atoms with Gasteiger partial charge in [-0.15, -0.1) is 11.3 Å². The molecule has 0 unspecified atom stereocenters. The number of ether oxygens (including phenoxy) is 1. The van der Waals surface area contributed by atoms with Crippen molar-refractivity contribution >= 4 is 28.9 Å². The quantitative estimate of drug-likeness (QED) is 0.772. The van der Waals surface area contributed by atoms with Crippen molar-refractivity contribution in [1.29, 1.82) is 0 Å². The highest BCUT2D eigenvalue weighted by Gasteiger charge is 2.18. The van der Waals surface area contributed by atoms with Crippen LogP contribution in [0.2, 0.25) is 5.02 Å². The summed E-state index contributed by atoms with van der Waals surface area (Å²) in [5.74, 6) is -0.471. The average Bonchev–Trinajstić information content (AvgIpc) is 2.81. The van der Waals surface area contributed by atoms with Crippen molar-refractivity contribution in [2.24, 2.45) is 0 Å². The first-order chi connectivity index (χ1) is 7.74. The largest absolute Gasteiger partial charge is 0.465 e. The van der Waals surface area contributed by atoms with Crippen LogP contribution >= 0.6 is 22.9 Å². The highest BCUT2D eigenvalue weighted by Crippen LogP contribution is 2.30. The van der Waals surface area contributed by atoms with Crippen LogP contribution < -0.4 is 0 Å². The molecule has 0 saturated heterocycles. The van der Waals surface area contributed by atoms with Crippen molar-refractivity contribution in [3.8, 4) is 10.6 Å². The van der Waals surface area contributed by atoms with E-state index in [1.807, 2.05) is 17.5 Å². The Balaban J connectivity index is 2.62. The lowest BCUT2D eigenvalue weighted by Gasteiger charge is -2.06. The number of hydrogen-bond acceptors (Lipinski definition) is 4. The molecule has 0 radical (unpaired) electrons. The van der Waals surface area contributed by atoms with Gasteiger partial charge >= 0.3 is 5.97 Å². The normalized spacial score (nSPS) is 10.1. The first-order valence-corrected chi connectivity index (χ1v) is 5.76. The number of thiophene rings is 1. The second-order valence-electron chi connectivity index (χ2n) is 2.99. The Labute approximate surface area is 102 Å². The molecule has 0 spiro atoms. The monoisotopic (exact) mass is 253 g/mol. The molecule has 0 bridgehead atoms. The average molecular weight is 254 g/mol. The summed E-state index contributed by atoms with van der Waals surface area (Å²) in [5, 5.41) is 2.27. The summed E-state index contributed by atoms with van der Waals surface area (Å²) < 4.78 is 4.70. The second-order valence-corrected chi connectivity index (χ2v) is 4.34. The molecule has 0 aliphatic carbocycles. The number of esters is 1. The van der Waals surface area contributed by atoms with Gasteiger partial charge in [0.2, 0.25) is 0 Å². The SMILES string of the molecule is COC(=O)c1c(Cl)ccnc1-c1cccs1. The number of hydrogen-bond donors (Lipinski definition) is 0. The van der Waals surface area contributed by atoms with Gasteiger partial charge in [-0.2, -0.15) is 0 Å². The Hall–Kier alpha value is -1.39. The Morgan fingerprint density at radius 3 is 2.94 bits per heavy atom. The lowest BCUT2D eigenvalue weighted by Crippen LogP contribution is -2.05. The summed E-state index contributed by atoms with van der Waals surface area (Å²) in [6, 6.07) is 5.35. The number of aromatic nitrogens is 1. The molecule has 0 aromatic carbocycles. The zero-order valence-electron chi connectivity index (χ0n) is 8.44. The summed E-state index contributed by atoms with van der Waals surface area (Å²) in [6.07, 6.45) is 1.57. The molecule has 3 nitrogen and oxygen atoms in total. The molecule has 0 aliphatic rings. The summed E-state index contributed by atoms with van der Waals surface area (Å²) in [6.45, 7) is 0. The highest BCUT2D eigenvalue weighted by atomic mass is 35.5. The van der Waals surface area contributed by atoms with Gasteiger partial charge in [0.1, 0.15) is 5.56 Å². The number of nitrogens with zero attached hydrogens (tertiary/aromatic N) is 1. The maximum Gasteiger partial charge on any atom is 0.341 e. The van der Waals surface area contributed by atoms with Crippen LogP contribution in [-0.2, 0) is 4.74 Å². The van der Waals surface area contributed by atoms with Crippen molar-refractivity contribution < 1.29 is 9.53 Å². The lowest BCUT2D eigenvalue weighted by molar-refractivity contribution is 0.0601. The molecule has 0 amide bonds. The fourth-order valence-electron chi connectivity index (χ4n) is 1.33. The van der Waals surface area contributed by atoms with Gasteiger partial charge in [-0.25, -0.2) is 4.79 Å². The van der Waals surface area contributed by atoms with E-state index in [1.54, 1.807) is 12.3 Å². The van der Waals surface area contributed by atoms with Gasteiger partial charge in [-0.05, 0) is 17.5 Å². The van der Waals surface area contributed by atoms with Crippen molar-refractivity contribution in [1.82, 2.24) is 4.98 Å². The molecule has 16 heavy (non-hydrogen) atoms. The van der Waals surface area contributed by atoms with E-state index in [0.29, 0.717) is 16.3 Å². The molecule has 0 aliphatic heterocycles. The van der Waals surface area contributed by atoms with E-state index in [9.17, 15) is 4.79 Å². The minimum atomic E-state index is -0.471. The number of rotatable bonds is 2. The third kappa shape index (κ3) is 1.94. The fraction of sp³-hybridized carbons (Fsp3) is 0.0909. The van der Waals surface area contributed by atoms with E-state index in [0.717, 1.165) is 4.88 Å². The molecule has 82 valence electrons. The third-order valence-corrected chi connectivity index (χ3v) is 3.24. The zero-order valence-corrected chi connectivity index (χ0v) is 10.0. The molecule has 0 atom stereocenters. The van der Waals surface area contributed by atoms with Crippen LogP contribution in [0.3, 0.4) is 0 Å². The smallest absolute Gasteiger partial charge is 0.341 e. The van der Waals surface area contributed by atoms with Crippen molar-refractivity contribution in [3.05, 3.63) is 40.4 Å². The molecule has 2 heterocycles. The zero-order chi connectivity index (χ0) is 11.5. The summed E-state index contributed by atoms with van der Waals surface area (Å²) in [4.78, 5) is 16.7. The topological polar surface area (TPSA) is 39.2 Å². The predicted molar refractivity (Wildman–Crippen MR) is 63.9 cm³/mol. The van der Waals surface area contributed by atoms with Crippen molar-refractivity contribution in [2.45, 2.75) is 0 Å². The molecule has 2 aromatic rings. The predicted octanol–water partition coefficient (Wildman–Crippen LogP) is 3.25. The van der Waals surface area contributed by atoms with E-state index in [2.05, 4.69) is 4.98 Å². The van der Waals surface area contributed by atoms with Crippen LogP contribution in [-0.4, -0.2) is 18.1 Å². The van der Waals surface area contributed by atoms with Crippen molar-refractivity contribution in [3.63, 3.8) is 0 Å². The summed E-state index contributed by atoms with van der Waals surface area (Å²) in [7, 11) is 1.32. The standard InChI is InChI=1S/C11H8ClNO2S/c1-15-11(14)9-7(12)4-5-13-10(9)8-3-2-6-16-8/h2-6H,1H3. The lowest BCUT2D eigenvalue weighted by atomic mass is 10.1. The van der Waals surface area contributed by atoms with Gasteiger partial charge in [0.15, 0.2) is 0 Å². The van der Waals surface area contributed by atoms with Crippen LogP contribution in [0.5, 0.6) is 0 Å². The van der Waals surface area contributed by atoms with Gasteiger partial charge < -0.3 is 4.74 Å². The molecule has 0 N–H and O–H groups in total. The molecule has 0 saturated carbocycles. The Kier molecular flexibility index (Phi) is 3.22. The summed E-state index contributed by atoms with van der Waals surface area (Å²) >= 11 is 7.48. The third-order valence-electron chi connectivity index (χ3n) is 2.04. The molecule has 5 heteroatoms. The number of halogens is 1. The van der Waals surface area contributed by atoms with E-state index in [1.165, 1.54) is 18.4 Å². The second kappa shape index (κ2) is 4.63. The van der Waals surface area contributed by atoms with Crippen LogP contribution in [0, 0.1) is 0 Å². The molecular weight excluding hydrogens is 246 g/mol. The molecule has 0 fully saturated rings. The number of carbonyl (C=O) groups excluding carboxylic acids is 1. The van der Waals surface area contributed by atoms with Gasteiger partial charge in [0.25, 0.3) is 0 Å². The van der Waals surface area contributed by atoms with E-state index in [4.69, 9.17) is 16.3 Å². The van der Waals surface area contributed by atoms with Crippen LogP contribution in [0.4, 0.5) is 0 Å². The van der Waals surface area contributed by atoms with Gasteiger partial charge in [-0.3, -0.25) is 4.98 Å². The Morgan fingerprint density at radius 2 is 2.31 bits per heavy atom. The van der Waals surface area contributed by atoms with Crippen LogP contribution in [0.25, 0.3) is 10.6 Å². The molecule has 2 rings (SSSR count). The Morgan fingerprint density at radius 1 is 1.50 bits per heavy atom. The fourth-order valence-corrected chi connectivity index (χ4v) is 2.28. The van der Waals surface area contributed by atoms with Gasteiger partial charge in [0, 0.05) is 6.20 Å². The minimum absolute atomic E-state index is 0.314. The number of methoxy groups -OCH3 is 1. The van der Waals surface area contributed by atoms with Gasteiger partial charge in [0.05, 0.1) is 22.7 Å². The number of carbonyl (C=O) groups is 1. The minimum Gasteiger partial charge on any atom is -0.465 e. The number of pyridine rings is 1.